The van der Waals surface area contributed by atoms with Gasteiger partial charge in [0.2, 0.25) is 0 Å². The first kappa shape index (κ1) is 23.2. The van der Waals surface area contributed by atoms with Crippen LogP contribution in [0.4, 0.5) is 4.79 Å². The second kappa shape index (κ2) is 9.61. The molecule has 4 heterocycles. The Hall–Kier alpha value is -2.53. The molecule has 2 aromatic carbocycles. The van der Waals surface area contributed by atoms with Gasteiger partial charge in [-0.15, -0.1) is 0 Å². The number of piperidine rings is 3. The maximum atomic E-state index is 13.0. The summed E-state index contributed by atoms with van der Waals surface area (Å²) in [5.74, 6) is 1.35. The van der Waals surface area contributed by atoms with Crippen molar-refractivity contribution in [2.24, 2.45) is 11.3 Å². The minimum Gasteiger partial charge on any atom is -0.493 e. The molecule has 5 heteroatoms. The Kier molecular flexibility index (Phi) is 6.57. The summed E-state index contributed by atoms with van der Waals surface area (Å²) in [6.45, 7) is 10.2. The zero-order chi connectivity index (χ0) is 23.7. The fourth-order valence-electron chi connectivity index (χ4n) is 5.70. The van der Waals surface area contributed by atoms with E-state index in [-0.39, 0.29) is 23.7 Å². The lowest BCUT2D eigenvalue weighted by Crippen LogP contribution is -2.53. The second-order valence-corrected chi connectivity index (χ2v) is 11.0. The number of carbonyl (C=O) groups excluding carboxylic acids is 1. The third kappa shape index (κ3) is 4.81. The largest absolute Gasteiger partial charge is 0.493 e. The van der Waals surface area contributed by atoms with E-state index in [9.17, 15) is 4.79 Å². The topological polar surface area (TPSA) is 50.8 Å². The standard InChI is InChI=1S/C29H38N2O3/c1-4-5-6-20-7-9-21(10-8-20)23-11-12-24-25(17-23)33-19-29(2,3)27(24)30-28(32)34-26-18-31-15-13-22(26)14-16-31/h7-12,17,22,26-27H,4-6,13-16,18-19H2,1-3H3,(H,30,32)/t26-,27?/m1/s1. The molecule has 5 nitrogen and oxygen atoms in total. The normalized spacial score (nSPS) is 26.9. The number of benzene rings is 2. The van der Waals surface area contributed by atoms with Crippen LogP contribution in [-0.4, -0.2) is 43.3 Å². The molecule has 34 heavy (non-hydrogen) atoms. The summed E-state index contributed by atoms with van der Waals surface area (Å²) in [4.78, 5) is 15.4. The van der Waals surface area contributed by atoms with Crippen LogP contribution in [0.25, 0.3) is 11.1 Å². The molecule has 0 radical (unpaired) electrons. The van der Waals surface area contributed by atoms with E-state index in [1.54, 1.807) is 0 Å². The molecule has 6 rings (SSSR count). The third-order valence-electron chi connectivity index (χ3n) is 7.93. The van der Waals surface area contributed by atoms with Gasteiger partial charge in [-0.05, 0) is 67.4 Å². The summed E-state index contributed by atoms with van der Waals surface area (Å²) in [7, 11) is 0. The van der Waals surface area contributed by atoms with Crippen molar-refractivity contribution < 1.29 is 14.3 Å². The summed E-state index contributed by atoms with van der Waals surface area (Å²) >= 11 is 0. The van der Waals surface area contributed by atoms with Crippen LogP contribution in [0.15, 0.2) is 42.5 Å². The predicted molar refractivity (Wildman–Crippen MR) is 135 cm³/mol. The number of unbranched alkanes of at least 4 members (excludes halogenated alkanes) is 1. The number of nitrogens with zero attached hydrogens (tertiary/aromatic N) is 1. The predicted octanol–water partition coefficient (Wildman–Crippen LogP) is 5.98. The number of carbonyl (C=O) groups is 1. The molecule has 4 aliphatic heterocycles. The molecule has 1 N–H and O–H groups in total. The highest BCUT2D eigenvalue weighted by Gasteiger charge is 2.41. The summed E-state index contributed by atoms with van der Waals surface area (Å²) < 4.78 is 12.1. The Balaban J connectivity index is 1.31. The van der Waals surface area contributed by atoms with Crippen molar-refractivity contribution in [2.45, 2.75) is 65.0 Å². The van der Waals surface area contributed by atoms with E-state index in [4.69, 9.17) is 9.47 Å². The van der Waals surface area contributed by atoms with Gasteiger partial charge in [0, 0.05) is 17.5 Å². The molecule has 0 spiro atoms. The van der Waals surface area contributed by atoms with E-state index in [1.807, 2.05) is 0 Å². The van der Waals surface area contributed by atoms with Crippen LogP contribution in [0.1, 0.15) is 63.6 Å². The first-order valence-electron chi connectivity index (χ1n) is 13.0. The van der Waals surface area contributed by atoms with Crippen LogP contribution in [0.2, 0.25) is 0 Å². The lowest BCUT2D eigenvalue weighted by molar-refractivity contribution is -0.0361. The Morgan fingerprint density at radius 2 is 1.85 bits per heavy atom. The maximum Gasteiger partial charge on any atom is 0.407 e. The molecule has 4 aliphatic rings. The first-order chi connectivity index (χ1) is 16.4. The average Bonchev–Trinajstić information content (AvgIpc) is 2.85. The number of rotatable bonds is 6. The Bertz CT molecular complexity index is 1010. The van der Waals surface area contributed by atoms with Gasteiger partial charge in [-0.25, -0.2) is 4.79 Å². The van der Waals surface area contributed by atoms with Gasteiger partial charge in [0.05, 0.1) is 12.6 Å². The van der Waals surface area contributed by atoms with Crippen molar-refractivity contribution >= 4 is 6.09 Å². The van der Waals surface area contributed by atoms with Gasteiger partial charge in [-0.1, -0.05) is 63.6 Å². The molecule has 2 bridgehead atoms. The number of ether oxygens (including phenoxy) is 2. The van der Waals surface area contributed by atoms with Gasteiger partial charge in [-0.2, -0.15) is 0 Å². The highest BCUT2D eigenvalue weighted by molar-refractivity contribution is 5.70. The van der Waals surface area contributed by atoms with Crippen LogP contribution in [0.3, 0.4) is 0 Å². The maximum absolute atomic E-state index is 13.0. The molecular formula is C29H38N2O3. The zero-order valence-corrected chi connectivity index (χ0v) is 20.8. The van der Waals surface area contributed by atoms with Crippen molar-refractivity contribution in [3.8, 4) is 16.9 Å². The van der Waals surface area contributed by atoms with E-state index >= 15 is 0 Å². The van der Waals surface area contributed by atoms with Gasteiger partial charge in [0.1, 0.15) is 11.9 Å². The molecular weight excluding hydrogens is 424 g/mol. The number of hydrogen-bond donors (Lipinski definition) is 1. The monoisotopic (exact) mass is 462 g/mol. The van der Waals surface area contributed by atoms with E-state index < -0.39 is 0 Å². The fraction of sp³-hybridized carbons (Fsp3) is 0.552. The molecule has 1 amide bonds. The van der Waals surface area contributed by atoms with E-state index in [0.29, 0.717) is 12.5 Å². The molecule has 182 valence electrons. The molecule has 3 fully saturated rings. The number of fused-ring (bicyclic) bond motifs is 4. The van der Waals surface area contributed by atoms with Crippen molar-refractivity contribution in [3.63, 3.8) is 0 Å². The Labute approximate surface area is 203 Å². The first-order valence-corrected chi connectivity index (χ1v) is 13.0. The third-order valence-corrected chi connectivity index (χ3v) is 7.93. The van der Waals surface area contributed by atoms with Crippen LogP contribution in [0, 0.1) is 11.3 Å². The number of nitrogens with one attached hydrogen (secondary N) is 1. The Morgan fingerprint density at radius 3 is 2.53 bits per heavy atom. The van der Waals surface area contributed by atoms with Gasteiger partial charge in [0.15, 0.2) is 0 Å². The number of hydrogen-bond acceptors (Lipinski definition) is 4. The van der Waals surface area contributed by atoms with Crippen LogP contribution in [0.5, 0.6) is 5.75 Å². The molecule has 0 aromatic heterocycles. The van der Waals surface area contributed by atoms with Crippen molar-refractivity contribution in [1.29, 1.82) is 0 Å². The van der Waals surface area contributed by atoms with Crippen molar-refractivity contribution in [3.05, 3.63) is 53.6 Å². The van der Waals surface area contributed by atoms with E-state index in [2.05, 4.69) is 73.5 Å². The van der Waals surface area contributed by atoms with Crippen LogP contribution >= 0.6 is 0 Å². The highest BCUT2D eigenvalue weighted by Crippen LogP contribution is 2.44. The summed E-state index contributed by atoms with van der Waals surface area (Å²) in [6, 6.07) is 15.0. The lowest BCUT2D eigenvalue weighted by Gasteiger charge is -2.44. The van der Waals surface area contributed by atoms with Crippen molar-refractivity contribution in [2.75, 3.05) is 26.2 Å². The Morgan fingerprint density at radius 1 is 1.12 bits per heavy atom. The lowest BCUT2D eigenvalue weighted by atomic mass is 9.78. The SMILES string of the molecule is CCCCc1ccc(-c2ccc3c(c2)OCC(C)(C)C3NC(=O)O[C@@H]2CN3CCC2CC3)cc1. The fourth-order valence-corrected chi connectivity index (χ4v) is 5.70. The van der Waals surface area contributed by atoms with Gasteiger partial charge >= 0.3 is 6.09 Å². The summed E-state index contributed by atoms with van der Waals surface area (Å²) in [5.41, 5.74) is 4.48. The molecule has 2 aromatic rings. The minimum atomic E-state index is -0.309. The summed E-state index contributed by atoms with van der Waals surface area (Å²) in [6.07, 6.45) is 5.52. The zero-order valence-electron chi connectivity index (χ0n) is 20.8. The van der Waals surface area contributed by atoms with Gasteiger partial charge in [-0.3, -0.25) is 4.90 Å². The molecule has 2 atom stereocenters. The van der Waals surface area contributed by atoms with Crippen molar-refractivity contribution in [1.82, 2.24) is 10.2 Å². The smallest absolute Gasteiger partial charge is 0.407 e. The van der Waals surface area contributed by atoms with E-state index in [0.717, 1.165) is 55.8 Å². The number of alkyl carbamates (subject to hydrolysis) is 1. The molecule has 3 saturated heterocycles. The average molecular weight is 463 g/mol. The molecule has 0 saturated carbocycles. The summed E-state index contributed by atoms with van der Waals surface area (Å²) in [5, 5.41) is 3.20. The minimum absolute atomic E-state index is 0.00703. The number of amides is 1. The van der Waals surface area contributed by atoms with Crippen LogP contribution in [-0.2, 0) is 11.2 Å². The molecule has 0 aliphatic carbocycles. The number of aryl methyl sites for hydroxylation is 1. The van der Waals surface area contributed by atoms with Gasteiger partial charge in [0.25, 0.3) is 0 Å². The highest BCUT2D eigenvalue weighted by atomic mass is 16.6. The molecule has 1 unspecified atom stereocenters. The van der Waals surface area contributed by atoms with Crippen LogP contribution < -0.4 is 10.1 Å². The van der Waals surface area contributed by atoms with Gasteiger partial charge < -0.3 is 14.8 Å². The second-order valence-electron chi connectivity index (χ2n) is 11.0. The van der Waals surface area contributed by atoms with E-state index in [1.165, 1.54) is 24.0 Å². The quantitative estimate of drug-likeness (QED) is 0.574.